The lowest BCUT2D eigenvalue weighted by atomic mass is 9.76. The van der Waals surface area contributed by atoms with Crippen molar-refractivity contribution >= 4 is 17.3 Å². The van der Waals surface area contributed by atoms with E-state index in [-0.39, 0.29) is 11.3 Å². The van der Waals surface area contributed by atoms with E-state index < -0.39 is 0 Å². The molecule has 0 unspecified atom stereocenters. The second-order valence-electron chi connectivity index (χ2n) is 5.78. The minimum absolute atomic E-state index is 0.166. The van der Waals surface area contributed by atoms with E-state index in [1.165, 1.54) is 0 Å². The maximum absolute atomic E-state index is 12.6. The second-order valence-corrected chi connectivity index (χ2v) is 5.78. The minimum atomic E-state index is -0.203. The molecule has 1 aliphatic rings. The Morgan fingerprint density at radius 3 is 2.35 bits per heavy atom. The van der Waals surface area contributed by atoms with Crippen molar-refractivity contribution in [3.8, 4) is 0 Å². The van der Waals surface area contributed by atoms with Gasteiger partial charge in [-0.25, -0.2) is 0 Å². The van der Waals surface area contributed by atoms with Crippen LogP contribution in [0.25, 0.3) is 0 Å². The molecule has 4 nitrogen and oxygen atoms in total. The average molecular weight is 275 g/mol. The average Bonchev–Trinajstić information content (AvgIpc) is 2.48. The second kappa shape index (κ2) is 6.27. The van der Waals surface area contributed by atoms with E-state index in [1.807, 2.05) is 43.3 Å². The van der Waals surface area contributed by atoms with Gasteiger partial charge in [-0.15, -0.1) is 0 Å². The molecule has 20 heavy (non-hydrogen) atoms. The highest BCUT2D eigenvalue weighted by molar-refractivity contribution is 5.95. The van der Waals surface area contributed by atoms with Crippen LogP contribution < -0.4 is 15.5 Å². The molecule has 1 aromatic carbocycles. The van der Waals surface area contributed by atoms with E-state index in [0.29, 0.717) is 0 Å². The highest BCUT2D eigenvalue weighted by Crippen LogP contribution is 2.34. The molecule has 0 bridgehead atoms. The van der Waals surface area contributed by atoms with E-state index in [2.05, 4.69) is 17.6 Å². The lowest BCUT2D eigenvalue weighted by Crippen LogP contribution is -2.44. The molecule has 1 aliphatic heterocycles. The largest absolute Gasteiger partial charge is 0.378 e. The summed E-state index contributed by atoms with van der Waals surface area (Å²) in [5, 5.41) is 6.41. The summed E-state index contributed by atoms with van der Waals surface area (Å²) < 4.78 is 0. The Hall–Kier alpha value is -1.55. The zero-order valence-corrected chi connectivity index (χ0v) is 12.7. The van der Waals surface area contributed by atoms with E-state index in [9.17, 15) is 4.79 Å². The van der Waals surface area contributed by atoms with Crippen molar-refractivity contribution in [3.63, 3.8) is 0 Å². The molecule has 1 amide bonds. The minimum Gasteiger partial charge on any atom is -0.378 e. The number of anilines is 2. The first kappa shape index (κ1) is 14.9. The number of rotatable bonds is 4. The summed E-state index contributed by atoms with van der Waals surface area (Å²) in [5.41, 5.74) is 1.81. The number of nitrogens with zero attached hydrogens (tertiary/aromatic N) is 1. The van der Waals surface area contributed by atoms with Crippen LogP contribution in [0, 0.1) is 5.41 Å². The molecule has 2 rings (SSSR count). The zero-order chi connectivity index (χ0) is 14.6. The summed E-state index contributed by atoms with van der Waals surface area (Å²) in [7, 11) is 4.02. The molecule has 0 saturated carbocycles. The summed E-state index contributed by atoms with van der Waals surface area (Å²) in [6, 6.07) is 7.99. The van der Waals surface area contributed by atoms with Gasteiger partial charge in [0.25, 0.3) is 0 Å². The van der Waals surface area contributed by atoms with Crippen LogP contribution in [0.1, 0.15) is 26.2 Å². The standard InChI is InChI=1S/C16H25N3O/c1-4-16(9-11-17-12-10-16)15(20)18-13-5-7-14(8-6-13)19(2)3/h5-8,17H,4,9-12H2,1-3H3,(H,18,20). The molecule has 0 radical (unpaired) electrons. The van der Waals surface area contributed by atoms with Gasteiger partial charge in [0.15, 0.2) is 0 Å². The van der Waals surface area contributed by atoms with Gasteiger partial charge < -0.3 is 15.5 Å². The molecular weight excluding hydrogens is 250 g/mol. The van der Waals surface area contributed by atoms with Crippen molar-refractivity contribution in [2.24, 2.45) is 5.41 Å². The molecule has 0 spiro atoms. The van der Waals surface area contributed by atoms with Gasteiger partial charge in [-0.3, -0.25) is 4.79 Å². The monoisotopic (exact) mass is 275 g/mol. The van der Waals surface area contributed by atoms with Crippen LogP contribution in [0.5, 0.6) is 0 Å². The van der Waals surface area contributed by atoms with Gasteiger partial charge in [-0.1, -0.05) is 6.92 Å². The fourth-order valence-corrected chi connectivity index (χ4v) is 2.75. The highest BCUT2D eigenvalue weighted by Gasteiger charge is 2.37. The third-order valence-corrected chi connectivity index (χ3v) is 4.36. The molecular formula is C16H25N3O. The quantitative estimate of drug-likeness (QED) is 0.887. The summed E-state index contributed by atoms with van der Waals surface area (Å²) in [5.74, 6) is 0.166. The number of carbonyl (C=O) groups is 1. The Morgan fingerprint density at radius 2 is 1.85 bits per heavy atom. The van der Waals surface area contributed by atoms with E-state index >= 15 is 0 Å². The molecule has 1 saturated heterocycles. The van der Waals surface area contributed by atoms with Gasteiger partial charge in [-0.05, 0) is 56.6 Å². The van der Waals surface area contributed by atoms with Gasteiger partial charge in [0.05, 0.1) is 5.41 Å². The van der Waals surface area contributed by atoms with E-state index in [1.54, 1.807) is 0 Å². The highest BCUT2D eigenvalue weighted by atomic mass is 16.2. The summed E-state index contributed by atoms with van der Waals surface area (Å²) in [6.45, 7) is 3.97. The maximum Gasteiger partial charge on any atom is 0.230 e. The molecule has 1 heterocycles. The molecule has 0 aliphatic carbocycles. The topological polar surface area (TPSA) is 44.4 Å². The van der Waals surface area contributed by atoms with Crippen molar-refractivity contribution in [2.45, 2.75) is 26.2 Å². The van der Waals surface area contributed by atoms with Gasteiger partial charge in [0, 0.05) is 25.5 Å². The normalized spacial score (nSPS) is 17.6. The number of nitrogens with one attached hydrogen (secondary N) is 2. The van der Waals surface area contributed by atoms with Crippen molar-refractivity contribution in [1.82, 2.24) is 5.32 Å². The Labute approximate surface area is 121 Å². The van der Waals surface area contributed by atoms with Crippen molar-refractivity contribution < 1.29 is 4.79 Å². The molecule has 110 valence electrons. The van der Waals surface area contributed by atoms with E-state index in [4.69, 9.17) is 0 Å². The number of hydrogen-bond acceptors (Lipinski definition) is 3. The molecule has 0 atom stereocenters. The number of piperidine rings is 1. The molecule has 2 N–H and O–H groups in total. The SMILES string of the molecule is CCC1(C(=O)Nc2ccc(N(C)C)cc2)CCNCC1. The fourth-order valence-electron chi connectivity index (χ4n) is 2.75. The Morgan fingerprint density at radius 1 is 1.25 bits per heavy atom. The predicted molar refractivity (Wildman–Crippen MR) is 84.2 cm³/mol. The Balaban J connectivity index is 2.06. The zero-order valence-electron chi connectivity index (χ0n) is 12.7. The third kappa shape index (κ3) is 3.12. The van der Waals surface area contributed by atoms with Crippen LogP contribution in [-0.4, -0.2) is 33.1 Å². The van der Waals surface area contributed by atoms with Crippen LogP contribution in [0.15, 0.2) is 24.3 Å². The van der Waals surface area contributed by atoms with Crippen LogP contribution in [0.2, 0.25) is 0 Å². The van der Waals surface area contributed by atoms with Crippen molar-refractivity contribution in [2.75, 3.05) is 37.4 Å². The first-order valence-corrected chi connectivity index (χ1v) is 7.37. The Kier molecular flexibility index (Phi) is 4.65. The van der Waals surface area contributed by atoms with Crippen molar-refractivity contribution in [1.29, 1.82) is 0 Å². The number of amides is 1. The Bertz CT molecular complexity index is 447. The summed E-state index contributed by atoms with van der Waals surface area (Å²) in [6.07, 6.45) is 2.74. The smallest absolute Gasteiger partial charge is 0.230 e. The first-order chi connectivity index (χ1) is 9.57. The summed E-state index contributed by atoms with van der Waals surface area (Å²) in [4.78, 5) is 14.6. The lowest BCUT2D eigenvalue weighted by molar-refractivity contribution is -0.127. The predicted octanol–water partition coefficient (Wildman–Crippen LogP) is 2.47. The lowest BCUT2D eigenvalue weighted by Gasteiger charge is -2.35. The number of benzene rings is 1. The van der Waals surface area contributed by atoms with Gasteiger partial charge in [-0.2, -0.15) is 0 Å². The first-order valence-electron chi connectivity index (χ1n) is 7.37. The van der Waals surface area contributed by atoms with Gasteiger partial charge in [0.2, 0.25) is 5.91 Å². The number of carbonyl (C=O) groups excluding carboxylic acids is 1. The van der Waals surface area contributed by atoms with Crippen LogP contribution >= 0.6 is 0 Å². The molecule has 1 fully saturated rings. The van der Waals surface area contributed by atoms with Crippen LogP contribution in [0.4, 0.5) is 11.4 Å². The van der Waals surface area contributed by atoms with Crippen LogP contribution in [0.3, 0.4) is 0 Å². The van der Waals surface area contributed by atoms with Gasteiger partial charge >= 0.3 is 0 Å². The molecule has 4 heteroatoms. The maximum atomic E-state index is 12.6. The van der Waals surface area contributed by atoms with Gasteiger partial charge in [0.1, 0.15) is 0 Å². The molecule has 1 aromatic rings. The van der Waals surface area contributed by atoms with Crippen molar-refractivity contribution in [3.05, 3.63) is 24.3 Å². The summed E-state index contributed by atoms with van der Waals surface area (Å²) >= 11 is 0. The fraction of sp³-hybridized carbons (Fsp3) is 0.562. The molecule has 0 aromatic heterocycles. The van der Waals surface area contributed by atoms with Crippen LogP contribution in [-0.2, 0) is 4.79 Å². The third-order valence-electron chi connectivity index (χ3n) is 4.36. The number of hydrogen-bond donors (Lipinski definition) is 2. The van der Waals surface area contributed by atoms with E-state index in [0.717, 1.165) is 43.7 Å².